The van der Waals surface area contributed by atoms with Crippen LogP contribution >= 0.6 is 23.2 Å². The number of aromatic nitrogens is 2. The minimum Gasteiger partial charge on any atom is -0.275 e. The number of rotatable bonds is 3. The Hall–Kier alpha value is -1.07. The van der Waals surface area contributed by atoms with E-state index in [0.717, 1.165) is 11.3 Å². The normalized spacial score (nSPS) is 12.7. The van der Waals surface area contributed by atoms with E-state index in [4.69, 9.17) is 29.0 Å². The lowest BCUT2D eigenvalue weighted by Gasteiger charge is -2.16. The van der Waals surface area contributed by atoms with Gasteiger partial charge in [-0.05, 0) is 18.2 Å². The Morgan fingerprint density at radius 2 is 1.94 bits per heavy atom. The molecule has 0 radical (unpaired) electrons. The SMILES string of the molecule is Cn1ccc(C(NN)c2c(Cl)cccc2Cl)n1. The Bertz CT molecular complexity index is 504. The third-order valence-electron chi connectivity index (χ3n) is 2.49. The second-order valence-electron chi connectivity index (χ2n) is 3.65. The van der Waals surface area contributed by atoms with E-state index in [1.165, 1.54) is 0 Å². The predicted octanol–water partition coefficient (Wildman–Crippen LogP) is 2.28. The summed E-state index contributed by atoms with van der Waals surface area (Å²) in [7, 11) is 1.84. The summed E-state index contributed by atoms with van der Waals surface area (Å²) >= 11 is 12.3. The van der Waals surface area contributed by atoms with Crippen molar-refractivity contribution >= 4 is 23.2 Å². The molecule has 3 N–H and O–H groups in total. The van der Waals surface area contributed by atoms with Crippen LogP contribution < -0.4 is 11.3 Å². The highest BCUT2D eigenvalue weighted by Crippen LogP contribution is 2.32. The monoisotopic (exact) mass is 270 g/mol. The van der Waals surface area contributed by atoms with Crippen LogP contribution in [0.15, 0.2) is 30.5 Å². The van der Waals surface area contributed by atoms with Gasteiger partial charge in [-0.25, -0.2) is 5.43 Å². The quantitative estimate of drug-likeness (QED) is 0.665. The molecule has 1 aromatic carbocycles. The Kier molecular flexibility index (Phi) is 3.69. The lowest BCUT2D eigenvalue weighted by molar-refractivity contribution is 0.604. The molecule has 0 saturated carbocycles. The molecule has 0 aliphatic carbocycles. The molecule has 0 fully saturated rings. The summed E-state index contributed by atoms with van der Waals surface area (Å²) in [6.45, 7) is 0. The molecule has 0 aliphatic heterocycles. The Labute approximate surface area is 109 Å². The van der Waals surface area contributed by atoms with Gasteiger partial charge in [-0.1, -0.05) is 29.3 Å². The first-order chi connectivity index (χ1) is 8.13. The summed E-state index contributed by atoms with van der Waals surface area (Å²) in [5, 5.41) is 5.42. The fourth-order valence-corrected chi connectivity index (χ4v) is 2.31. The van der Waals surface area contributed by atoms with Gasteiger partial charge in [0.15, 0.2) is 0 Å². The lowest BCUT2D eigenvalue weighted by Crippen LogP contribution is -2.29. The zero-order valence-corrected chi connectivity index (χ0v) is 10.7. The average molecular weight is 271 g/mol. The van der Waals surface area contributed by atoms with E-state index in [1.54, 1.807) is 22.9 Å². The average Bonchev–Trinajstić information content (AvgIpc) is 2.70. The van der Waals surface area contributed by atoms with E-state index in [9.17, 15) is 0 Å². The molecule has 6 heteroatoms. The predicted molar refractivity (Wildman–Crippen MR) is 68.8 cm³/mol. The molecular formula is C11H12Cl2N4. The number of benzene rings is 1. The first kappa shape index (κ1) is 12.4. The van der Waals surface area contributed by atoms with Gasteiger partial charge >= 0.3 is 0 Å². The van der Waals surface area contributed by atoms with Crippen molar-refractivity contribution in [1.29, 1.82) is 0 Å². The van der Waals surface area contributed by atoms with Crippen LogP contribution in [0.25, 0.3) is 0 Å². The van der Waals surface area contributed by atoms with Crippen LogP contribution in [-0.2, 0) is 7.05 Å². The molecule has 1 aromatic heterocycles. The number of halogens is 2. The van der Waals surface area contributed by atoms with Gasteiger partial charge in [-0.2, -0.15) is 5.10 Å². The fraction of sp³-hybridized carbons (Fsp3) is 0.182. The highest BCUT2D eigenvalue weighted by Gasteiger charge is 2.20. The van der Waals surface area contributed by atoms with E-state index < -0.39 is 0 Å². The fourth-order valence-electron chi connectivity index (χ4n) is 1.69. The van der Waals surface area contributed by atoms with Gasteiger partial charge in [0.1, 0.15) is 0 Å². The van der Waals surface area contributed by atoms with Crippen LogP contribution in [0.3, 0.4) is 0 Å². The number of nitrogens with one attached hydrogen (secondary N) is 1. The third-order valence-corrected chi connectivity index (χ3v) is 3.14. The van der Waals surface area contributed by atoms with Crippen LogP contribution in [0.4, 0.5) is 0 Å². The van der Waals surface area contributed by atoms with Crippen molar-refractivity contribution in [3.05, 3.63) is 51.8 Å². The molecule has 17 heavy (non-hydrogen) atoms. The Morgan fingerprint density at radius 3 is 2.41 bits per heavy atom. The molecule has 1 atom stereocenters. The standard InChI is InChI=1S/C11H12Cl2N4/c1-17-6-5-9(16-17)11(15-14)10-7(12)3-2-4-8(10)13/h2-6,11,15H,14H2,1H3. The van der Waals surface area contributed by atoms with Gasteiger partial charge in [0.2, 0.25) is 0 Å². The number of hydrogen-bond acceptors (Lipinski definition) is 3. The maximum absolute atomic E-state index is 6.15. The highest BCUT2D eigenvalue weighted by molar-refractivity contribution is 6.36. The minimum atomic E-state index is -0.322. The molecule has 1 heterocycles. The van der Waals surface area contributed by atoms with Gasteiger partial charge in [0, 0.05) is 28.9 Å². The maximum atomic E-state index is 6.15. The Morgan fingerprint density at radius 1 is 1.29 bits per heavy atom. The largest absolute Gasteiger partial charge is 0.275 e. The number of hydrazine groups is 1. The zero-order valence-electron chi connectivity index (χ0n) is 9.19. The van der Waals surface area contributed by atoms with Gasteiger partial charge in [0.05, 0.1) is 11.7 Å². The molecule has 4 nitrogen and oxygen atoms in total. The van der Waals surface area contributed by atoms with E-state index in [1.807, 2.05) is 19.3 Å². The molecule has 2 aromatic rings. The van der Waals surface area contributed by atoms with Crippen molar-refractivity contribution in [2.45, 2.75) is 6.04 Å². The van der Waals surface area contributed by atoms with E-state index in [2.05, 4.69) is 10.5 Å². The summed E-state index contributed by atoms with van der Waals surface area (Å²) < 4.78 is 1.70. The summed E-state index contributed by atoms with van der Waals surface area (Å²) in [4.78, 5) is 0. The van der Waals surface area contributed by atoms with Gasteiger partial charge in [-0.15, -0.1) is 0 Å². The smallest absolute Gasteiger partial charge is 0.0928 e. The number of nitrogens with two attached hydrogens (primary N) is 1. The van der Waals surface area contributed by atoms with Crippen molar-refractivity contribution in [2.24, 2.45) is 12.9 Å². The second-order valence-corrected chi connectivity index (χ2v) is 4.46. The van der Waals surface area contributed by atoms with Crippen LogP contribution in [0.5, 0.6) is 0 Å². The molecule has 0 saturated heterocycles. The van der Waals surface area contributed by atoms with E-state index >= 15 is 0 Å². The first-order valence-electron chi connectivity index (χ1n) is 5.03. The molecule has 0 spiro atoms. The molecule has 0 aliphatic rings. The van der Waals surface area contributed by atoms with Crippen molar-refractivity contribution in [3.63, 3.8) is 0 Å². The molecule has 0 amide bonds. The Balaban J connectivity index is 2.49. The zero-order chi connectivity index (χ0) is 12.4. The third kappa shape index (κ3) is 2.45. The summed E-state index contributed by atoms with van der Waals surface area (Å²) in [5.74, 6) is 5.57. The van der Waals surface area contributed by atoms with Crippen molar-refractivity contribution in [1.82, 2.24) is 15.2 Å². The highest BCUT2D eigenvalue weighted by atomic mass is 35.5. The van der Waals surface area contributed by atoms with Crippen molar-refractivity contribution in [3.8, 4) is 0 Å². The maximum Gasteiger partial charge on any atom is 0.0928 e. The summed E-state index contributed by atoms with van der Waals surface area (Å²) in [6, 6.07) is 6.88. The van der Waals surface area contributed by atoms with Crippen molar-refractivity contribution < 1.29 is 0 Å². The number of nitrogens with zero attached hydrogens (tertiary/aromatic N) is 2. The summed E-state index contributed by atoms with van der Waals surface area (Å²) in [5.41, 5.74) is 4.19. The van der Waals surface area contributed by atoms with Crippen molar-refractivity contribution in [2.75, 3.05) is 0 Å². The van der Waals surface area contributed by atoms with Gasteiger partial charge < -0.3 is 0 Å². The van der Waals surface area contributed by atoms with Crippen LogP contribution in [-0.4, -0.2) is 9.78 Å². The molecule has 90 valence electrons. The molecule has 1 unspecified atom stereocenters. The molecule has 2 rings (SSSR count). The van der Waals surface area contributed by atoms with E-state index in [-0.39, 0.29) is 6.04 Å². The van der Waals surface area contributed by atoms with E-state index in [0.29, 0.717) is 10.0 Å². The van der Waals surface area contributed by atoms with Crippen LogP contribution in [0, 0.1) is 0 Å². The minimum absolute atomic E-state index is 0.322. The van der Waals surface area contributed by atoms with Gasteiger partial charge in [0.25, 0.3) is 0 Å². The van der Waals surface area contributed by atoms with Gasteiger partial charge in [-0.3, -0.25) is 10.5 Å². The summed E-state index contributed by atoms with van der Waals surface area (Å²) in [6.07, 6.45) is 1.84. The second kappa shape index (κ2) is 5.06. The molecule has 0 bridgehead atoms. The van der Waals surface area contributed by atoms with Crippen LogP contribution in [0.2, 0.25) is 10.0 Å². The lowest BCUT2D eigenvalue weighted by atomic mass is 10.0. The topological polar surface area (TPSA) is 55.9 Å². The van der Waals surface area contributed by atoms with Crippen LogP contribution in [0.1, 0.15) is 17.3 Å². The molecular weight excluding hydrogens is 259 g/mol. The first-order valence-corrected chi connectivity index (χ1v) is 5.78. The number of aryl methyl sites for hydroxylation is 1. The number of hydrogen-bond donors (Lipinski definition) is 2.